The van der Waals surface area contributed by atoms with Crippen LogP contribution in [0, 0.1) is 12.8 Å². The molecule has 0 fully saturated rings. The van der Waals surface area contributed by atoms with E-state index in [1.165, 1.54) is 12.1 Å². The summed E-state index contributed by atoms with van der Waals surface area (Å²) in [6.45, 7) is 6.22. The van der Waals surface area contributed by atoms with Crippen molar-refractivity contribution in [3.8, 4) is 0 Å². The molecule has 2 nitrogen and oxygen atoms in total. The molecule has 25 heavy (non-hydrogen) atoms. The molecule has 0 spiro atoms. The van der Waals surface area contributed by atoms with E-state index in [0.717, 1.165) is 23.3 Å². The number of benzene rings is 2. The first-order chi connectivity index (χ1) is 11.7. The first-order valence-electron chi connectivity index (χ1n) is 7.99. The van der Waals surface area contributed by atoms with Gasteiger partial charge in [-0.05, 0) is 60.5 Å². The molecule has 2 N–H and O–H groups in total. The predicted molar refractivity (Wildman–Crippen MR) is 99.6 cm³/mol. The molecule has 0 aromatic heterocycles. The quantitative estimate of drug-likeness (QED) is 0.679. The molecule has 0 saturated carbocycles. The van der Waals surface area contributed by atoms with E-state index in [1.54, 1.807) is 0 Å². The van der Waals surface area contributed by atoms with Crippen molar-refractivity contribution in [3.05, 3.63) is 65.2 Å². The van der Waals surface area contributed by atoms with Crippen LogP contribution in [0.5, 0.6) is 0 Å². The van der Waals surface area contributed by atoms with Gasteiger partial charge < -0.3 is 10.6 Å². The summed E-state index contributed by atoms with van der Waals surface area (Å²) in [6, 6.07) is 12.9. The number of alkyl halides is 3. The fourth-order valence-corrected chi connectivity index (χ4v) is 2.84. The molecule has 134 valence electrons. The van der Waals surface area contributed by atoms with Gasteiger partial charge in [0.2, 0.25) is 0 Å². The standard InChI is InChI=1S/C19H21F3N2S/c1-12(2)17(16-7-5-4-6-13(16)3)24-18(25)23-15-10-8-14(9-11-15)19(20,21)22/h4-12,17H,1-3H3,(H2,23,24,25). The van der Waals surface area contributed by atoms with Gasteiger partial charge >= 0.3 is 6.18 Å². The van der Waals surface area contributed by atoms with Gasteiger partial charge in [-0.1, -0.05) is 38.1 Å². The van der Waals surface area contributed by atoms with Crippen LogP contribution in [-0.2, 0) is 6.18 Å². The van der Waals surface area contributed by atoms with E-state index < -0.39 is 11.7 Å². The molecule has 0 aliphatic rings. The van der Waals surface area contributed by atoms with Crippen molar-refractivity contribution < 1.29 is 13.2 Å². The summed E-state index contributed by atoms with van der Waals surface area (Å²) in [7, 11) is 0. The van der Waals surface area contributed by atoms with Crippen molar-refractivity contribution >= 4 is 23.0 Å². The molecule has 1 unspecified atom stereocenters. The maximum Gasteiger partial charge on any atom is 0.416 e. The van der Waals surface area contributed by atoms with E-state index in [9.17, 15) is 13.2 Å². The van der Waals surface area contributed by atoms with Gasteiger partial charge in [-0.3, -0.25) is 0 Å². The second kappa shape index (κ2) is 7.87. The van der Waals surface area contributed by atoms with Crippen molar-refractivity contribution in [1.82, 2.24) is 5.32 Å². The molecule has 0 aliphatic carbocycles. The molecule has 0 bridgehead atoms. The van der Waals surface area contributed by atoms with Gasteiger partial charge in [0.25, 0.3) is 0 Å². The van der Waals surface area contributed by atoms with Crippen LogP contribution in [0.1, 0.15) is 36.6 Å². The van der Waals surface area contributed by atoms with Crippen LogP contribution >= 0.6 is 12.2 Å². The zero-order chi connectivity index (χ0) is 18.6. The second-order valence-electron chi connectivity index (χ2n) is 6.25. The van der Waals surface area contributed by atoms with Gasteiger partial charge in [0.15, 0.2) is 5.11 Å². The third kappa shape index (κ3) is 5.19. The summed E-state index contributed by atoms with van der Waals surface area (Å²) in [5.41, 5.74) is 2.13. The van der Waals surface area contributed by atoms with Crippen molar-refractivity contribution in [3.63, 3.8) is 0 Å². The first kappa shape index (κ1) is 19.2. The average molecular weight is 366 g/mol. The van der Waals surface area contributed by atoms with Gasteiger partial charge in [0.1, 0.15) is 0 Å². The Labute approximate surface area is 151 Å². The molecule has 6 heteroatoms. The Morgan fingerprint density at radius 3 is 2.12 bits per heavy atom. The monoisotopic (exact) mass is 366 g/mol. The lowest BCUT2D eigenvalue weighted by Gasteiger charge is -2.26. The Balaban J connectivity index is 2.08. The van der Waals surface area contributed by atoms with Gasteiger partial charge in [0, 0.05) is 5.69 Å². The summed E-state index contributed by atoms with van der Waals surface area (Å²) in [5.74, 6) is 0.286. The Morgan fingerprint density at radius 2 is 1.60 bits per heavy atom. The van der Waals surface area contributed by atoms with Crippen molar-refractivity contribution in [1.29, 1.82) is 0 Å². The molecule has 2 aromatic carbocycles. The minimum atomic E-state index is -4.34. The number of hydrogen-bond donors (Lipinski definition) is 2. The molecule has 0 saturated heterocycles. The Kier molecular flexibility index (Phi) is 6.06. The second-order valence-corrected chi connectivity index (χ2v) is 6.66. The number of hydrogen-bond acceptors (Lipinski definition) is 1. The largest absolute Gasteiger partial charge is 0.416 e. The zero-order valence-electron chi connectivity index (χ0n) is 14.3. The SMILES string of the molecule is Cc1ccccc1C(NC(=S)Nc1ccc(C(F)(F)F)cc1)C(C)C. The van der Waals surface area contributed by atoms with E-state index in [2.05, 4.69) is 24.5 Å². The summed E-state index contributed by atoms with van der Waals surface area (Å²) in [6.07, 6.45) is -4.34. The molecule has 0 amide bonds. The number of halogens is 3. The molecular formula is C19H21F3N2S. The third-order valence-corrected chi connectivity index (χ3v) is 4.17. The van der Waals surface area contributed by atoms with E-state index in [0.29, 0.717) is 10.8 Å². The highest BCUT2D eigenvalue weighted by Crippen LogP contribution is 2.30. The summed E-state index contributed by atoms with van der Waals surface area (Å²) >= 11 is 5.34. The molecule has 2 rings (SSSR count). The van der Waals surface area contributed by atoms with Gasteiger partial charge in [-0.15, -0.1) is 0 Å². The summed E-state index contributed by atoms with van der Waals surface area (Å²) in [4.78, 5) is 0. The Morgan fingerprint density at radius 1 is 1.00 bits per heavy atom. The normalized spacial score (nSPS) is 12.8. The molecular weight excluding hydrogens is 345 g/mol. The Hall–Kier alpha value is -2.08. The molecule has 0 radical (unpaired) electrons. The minimum absolute atomic E-state index is 0.00986. The van der Waals surface area contributed by atoms with Crippen LogP contribution in [0.15, 0.2) is 48.5 Å². The minimum Gasteiger partial charge on any atom is -0.355 e. The Bertz CT molecular complexity index is 724. The predicted octanol–water partition coefficient (Wildman–Crippen LogP) is 5.70. The smallest absolute Gasteiger partial charge is 0.355 e. The van der Waals surface area contributed by atoms with Gasteiger partial charge in [-0.2, -0.15) is 13.2 Å². The molecule has 1 atom stereocenters. The van der Waals surface area contributed by atoms with Crippen LogP contribution in [0.3, 0.4) is 0 Å². The van der Waals surface area contributed by atoms with Crippen LogP contribution in [0.2, 0.25) is 0 Å². The topological polar surface area (TPSA) is 24.1 Å². The number of thiocarbonyl (C=S) groups is 1. The fraction of sp³-hybridized carbons (Fsp3) is 0.316. The van der Waals surface area contributed by atoms with E-state index in [1.807, 2.05) is 31.2 Å². The van der Waals surface area contributed by atoms with E-state index >= 15 is 0 Å². The van der Waals surface area contributed by atoms with E-state index in [4.69, 9.17) is 12.2 Å². The van der Waals surface area contributed by atoms with Crippen LogP contribution < -0.4 is 10.6 Å². The number of rotatable bonds is 4. The molecule has 2 aromatic rings. The first-order valence-corrected chi connectivity index (χ1v) is 8.39. The van der Waals surface area contributed by atoms with Crippen LogP contribution in [0.4, 0.5) is 18.9 Å². The zero-order valence-corrected chi connectivity index (χ0v) is 15.1. The highest BCUT2D eigenvalue weighted by atomic mass is 32.1. The average Bonchev–Trinajstić information content (AvgIpc) is 2.53. The maximum absolute atomic E-state index is 12.6. The van der Waals surface area contributed by atoms with Crippen molar-refractivity contribution in [2.75, 3.05) is 5.32 Å². The maximum atomic E-state index is 12.6. The van der Waals surface area contributed by atoms with E-state index in [-0.39, 0.29) is 12.0 Å². The number of anilines is 1. The number of aryl methyl sites for hydroxylation is 1. The highest BCUT2D eigenvalue weighted by molar-refractivity contribution is 7.80. The summed E-state index contributed by atoms with van der Waals surface area (Å²) < 4.78 is 37.8. The number of nitrogens with one attached hydrogen (secondary N) is 2. The van der Waals surface area contributed by atoms with Crippen molar-refractivity contribution in [2.24, 2.45) is 5.92 Å². The molecule has 0 heterocycles. The third-order valence-electron chi connectivity index (χ3n) is 3.95. The molecule has 0 aliphatic heterocycles. The van der Waals surface area contributed by atoms with Gasteiger partial charge in [-0.25, -0.2) is 0 Å². The lowest BCUT2D eigenvalue weighted by molar-refractivity contribution is -0.137. The lowest BCUT2D eigenvalue weighted by atomic mass is 9.93. The van der Waals surface area contributed by atoms with Gasteiger partial charge in [0.05, 0.1) is 11.6 Å². The fourth-order valence-electron chi connectivity index (χ4n) is 2.59. The van der Waals surface area contributed by atoms with Crippen molar-refractivity contribution in [2.45, 2.75) is 33.0 Å². The van der Waals surface area contributed by atoms with Crippen LogP contribution in [0.25, 0.3) is 0 Å². The lowest BCUT2D eigenvalue weighted by Crippen LogP contribution is -2.35. The summed E-state index contributed by atoms with van der Waals surface area (Å²) in [5, 5.41) is 6.59. The highest BCUT2D eigenvalue weighted by Gasteiger charge is 2.30. The van der Waals surface area contributed by atoms with Crippen LogP contribution in [-0.4, -0.2) is 5.11 Å².